The van der Waals surface area contributed by atoms with Crippen molar-refractivity contribution in [2.24, 2.45) is 0 Å². The van der Waals surface area contributed by atoms with Gasteiger partial charge in [0.05, 0.1) is 38.6 Å². The van der Waals surface area contributed by atoms with Gasteiger partial charge < -0.3 is 23.7 Å². The largest absolute Gasteiger partial charge is 0.490 e. The van der Waals surface area contributed by atoms with E-state index in [4.69, 9.17) is 23.7 Å². The molecule has 5 heteroatoms. The van der Waals surface area contributed by atoms with E-state index in [2.05, 4.69) is 50.2 Å². The maximum atomic E-state index is 6.17. The highest BCUT2D eigenvalue weighted by molar-refractivity contribution is 5.71. The molecule has 0 heterocycles. The molecular formula is C36H42O5. The first kappa shape index (κ1) is 30.3. The van der Waals surface area contributed by atoms with Crippen molar-refractivity contribution in [3.05, 3.63) is 109 Å². The summed E-state index contributed by atoms with van der Waals surface area (Å²) in [6.07, 6.45) is 1.72. The lowest BCUT2D eigenvalue weighted by Crippen LogP contribution is -2.25. The Morgan fingerprint density at radius 3 is 1.27 bits per heavy atom. The van der Waals surface area contributed by atoms with Crippen LogP contribution in [0.5, 0.6) is 11.5 Å². The van der Waals surface area contributed by atoms with Gasteiger partial charge in [-0.1, -0.05) is 111 Å². The third-order valence-electron chi connectivity index (χ3n) is 6.87. The van der Waals surface area contributed by atoms with Gasteiger partial charge in [0.2, 0.25) is 0 Å². The average molecular weight is 555 g/mol. The van der Waals surface area contributed by atoms with E-state index in [1.165, 1.54) is 0 Å². The molecule has 4 aromatic rings. The molecule has 4 rings (SSSR count). The minimum atomic E-state index is -0.000867. The zero-order valence-corrected chi connectivity index (χ0v) is 24.2. The second-order valence-electron chi connectivity index (χ2n) is 9.76. The first-order valence-corrected chi connectivity index (χ1v) is 14.6. The summed E-state index contributed by atoms with van der Waals surface area (Å²) in [5, 5.41) is 0. The molecule has 0 bridgehead atoms. The summed E-state index contributed by atoms with van der Waals surface area (Å²) in [5.74, 6) is 1.74. The molecule has 0 aliphatic carbocycles. The monoisotopic (exact) mass is 554 g/mol. The summed E-state index contributed by atoms with van der Waals surface area (Å²) < 4.78 is 30.2. The van der Waals surface area contributed by atoms with E-state index in [1.54, 1.807) is 0 Å². The molecular weight excluding hydrogens is 512 g/mol. The Labute approximate surface area is 245 Å². The fourth-order valence-electron chi connectivity index (χ4n) is 4.48. The first-order valence-electron chi connectivity index (χ1n) is 14.6. The number of para-hydroxylation sites is 2. The van der Waals surface area contributed by atoms with Crippen molar-refractivity contribution in [2.75, 3.05) is 39.6 Å². The highest BCUT2D eigenvalue weighted by atomic mass is 16.6. The van der Waals surface area contributed by atoms with Crippen LogP contribution in [0.25, 0.3) is 22.3 Å². The van der Waals surface area contributed by atoms with Crippen LogP contribution in [0.15, 0.2) is 109 Å². The Hall–Kier alpha value is -3.64. The SMILES string of the molecule is CCC(COc1ccccc1-c1ccccc1)OCCOCCOC(CC)COc1ccccc1-c1ccccc1. The van der Waals surface area contributed by atoms with Crippen molar-refractivity contribution in [1.29, 1.82) is 0 Å². The molecule has 0 aromatic heterocycles. The van der Waals surface area contributed by atoms with Crippen LogP contribution < -0.4 is 9.47 Å². The molecule has 216 valence electrons. The van der Waals surface area contributed by atoms with Crippen molar-refractivity contribution in [2.45, 2.75) is 38.9 Å². The van der Waals surface area contributed by atoms with E-state index in [-0.39, 0.29) is 12.2 Å². The zero-order valence-electron chi connectivity index (χ0n) is 24.2. The van der Waals surface area contributed by atoms with Gasteiger partial charge in [-0.05, 0) is 36.1 Å². The van der Waals surface area contributed by atoms with Crippen molar-refractivity contribution in [3.8, 4) is 33.8 Å². The summed E-state index contributed by atoms with van der Waals surface area (Å²) in [5.41, 5.74) is 4.45. The highest BCUT2D eigenvalue weighted by Crippen LogP contribution is 2.31. The van der Waals surface area contributed by atoms with Crippen LogP contribution in [0.3, 0.4) is 0 Å². The maximum absolute atomic E-state index is 6.17. The Morgan fingerprint density at radius 2 is 0.854 bits per heavy atom. The Balaban J connectivity index is 1.12. The molecule has 0 saturated heterocycles. The Bertz CT molecular complexity index is 1160. The van der Waals surface area contributed by atoms with Crippen molar-refractivity contribution in [1.82, 2.24) is 0 Å². The van der Waals surface area contributed by atoms with Gasteiger partial charge in [0.1, 0.15) is 24.7 Å². The van der Waals surface area contributed by atoms with Crippen LogP contribution in [0.1, 0.15) is 26.7 Å². The molecule has 0 aliphatic heterocycles. The zero-order chi connectivity index (χ0) is 28.5. The van der Waals surface area contributed by atoms with Crippen LogP contribution in [0.2, 0.25) is 0 Å². The molecule has 4 aromatic carbocycles. The van der Waals surface area contributed by atoms with Gasteiger partial charge in [0, 0.05) is 11.1 Å². The molecule has 0 radical (unpaired) electrons. The third-order valence-corrected chi connectivity index (χ3v) is 6.87. The van der Waals surface area contributed by atoms with Crippen molar-refractivity contribution >= 4 is 0 Å². The molecule has 0 amide bonds. The fourth-order valence-corrected chi connectivity index (χ4v) is 4.48. The van der Waals surface area contributed by atoms with Crippen LogP contribution in [0.4, 0.5) is 0 Å². The first-order chi connectivity index (χ1) is 20.3. The van der Waals surface area contributed by atoms with Crippen molar-refractivity contribution in [3.63, 3.8) is 0 Å². The Morgan fingerprint density at radius 1 is 0.463 bits per heavy atom. The molecule has 41 heavy (non-hydrogen) atoms. The number of hydrogen-bond acceptors (Lipinski definition) is 5. The minimum absolute atomic E-state index is 0.000867. The van der Waals surface area contributed by atoms with Crippen LogP contribution in [-0.4, -0.2) is 51.8 Å². The quantitative estimate of drug-likeness (QED) is 0.116. The molecule has 2 atom stereocenters. The predicted molar refractivity (Wildman–Crippen MR) is 166 cm³/mol. The molecule has 0 fully saturated rings. The molecule has 0 spiro atoms. The standard InChI is InChI=1S/C36H42O5/c1-3-31(27-40-35-21-13-11-19-33(35)29-15-7-5-8-16-29)38-25-23-37-24-26-39-32(4-2)28-41-36-22-14-12-20-34(36)30-17-9-6-10-18-30/h5-22,31-32H,3-4,23-28H2,1-2H3. The maximum Gasteiger partial charge on any atom is 0.127 e. The lowest BCUT2D eigenvalue weighted by atomic mass is 10.1. The van der Waals surface area contributed by atoms with Crippen LogP contribution in [0, 0.1) is 0 Å². The van der Waals surface area contributed by atoms with Gasteiger partial charge in [0.15, 0.2) is 0 Å². The molecule has 0 aliphatic rings. The second-order valence-corrected chi connectivity index (χ2v) is 9.76. The summed E-state index contributed by atoms with van der Waals surface area (Å²) in [6.45, 7) is 7.26. The van der Waals surface area contributed by atoms with E-state index in [1.807, 2.05) is 72.8 Å². The summed E-state index contributed by atoms with van der Waals surface area (Å²) in [6, 6.07) is 36.8. The van der Waals surface area contributed by atoms with Gasteiger partial charge in [-0.25, -0.2) is 0 Å². The van der Waals surface area contributed by atoms with Gasteiger partial charge >= 0.3 is 0 Å². The Kier molecular flexibility index (Phi) is 12.7. The second kappa shape index (κ2) is 17.2. The van der Waals surface area contributed by atoms with E-state index < -0.39 is 0 Å². The fraction of sp³-hybridized carbons (Fsp3) is 0.333. The average Bonchev–Trinajstić information content (AvgIpc) is 3.04. The third kappa shape index (κ3) is 9.75. The van der Waals surface area contributed by atoms with E-state index in [0.29, 0.717) is 39.6 Å². The predicted octanol–water partition coefficient (Wildman–Crippen LogP) is 8.09. The topological polar surface area (TPSA) is 46.2 Å². The van der Waals surface area contributed by atoms with Gasteiger partial charge in [0.25, 0.3) is 0 Å². The summed E-state index contributed by atoms with van der Waals surface area (Å²) in [4.78, 5) is 0. The van der Waals surface area contributed by atoms with Gasteiger partial charge in [-0.2, -0.15) is 0 Å². The smallest absolute Gasteiger partial charge is 0.127 e. The van der Waals surface area contributed by atoms with Crippen LogP contribution in [-0.2, 0) is 14.2 Å². The number of ether oxygens (including phenoxy) is 5. The summed E-state index contributed by atoms with van der Waals surface area (Å²) >= 11 is 0. The minimum Gasteiger partial charge on any atom is -0.490 e. The van der Waals surface area contributed by atoms with Gasteiger partial charge in [-0.3, -0.25) is 0 Å². The molecule has 5 nitrogen and oxygen atoms in total. The summed E-state index contributed by atoms with van der Waals surface area (Å²) in [7, 11) is 0. The highest BCUT2D eigenvalue weighted by Gasteiger charge is 2.12. The van der Waals surface area contributed by atoms with E-state index >= 15 is 0 Å². The van der Waals surface area contributed by atoms with E-state index in [0.717, 1.165) is 46.6 Å². The lowest BCUT2D eigenvalue weighted by molar-refractivity contribution is -0.0419. The van der Waals surface area contributed by atoms with Crippen molar-refractivity contribution < 1.29 is 23.7 Å². The van der Waals surface area contributed by atoms with Gasteiger partial charge in [-0.15, -0.1) is 0 Å². The molecule has 0 N–H and O–H groups in total. The lowest BCUT2D eigenvalue weighted by Gasteiger charge is -2.19. The number of benzene rings is 4. The number of hydrogen-bond donors (Lipinski definition) is 0. The van der Waals surface area contributed by atoms with E-state index in [9.17, 15) is 0 Å². The molecule has 2 unspecified atom stereocenters. The molecule has 0 saturated carbocycles. The number of rotatable bonds is 18. The van der Waals surface area contributed by atoms with Crippen LogP contribution >= 0.6 is 0 Å². The normalized spacial score (nSPS) is 12.5.